The average Bonchev–Trinajstić information content (AvgIpc) is 2.75. The molecule has 2 atom stereocenters. The van der Waals surface area contributed by atoms with Crippen molar-refractivity contribution >= 4 is 11.8 Å². The van der Waals surface area contributed by atoms with Crippen LogP contribution in [0, 0.1) is 0 Å². The van der Waals surface area contributed by atoms with Gasteiger partial charge < -0.3 is 15.3 Å². The monoisotopic (exact) mass is 226 g/mol. The summed E-state index contributed by atoms with van der Waals surface area (Å²) in [6.07, 6.45) is 3.94. The Balaban J connectivity index is 1.99. The van der Waals surface area contributed by atoms with Crippen LogP contribution in [-0.4, -0.2) is 47.1 Å². The Morgan fingerprint density at radius 1 is 1.44 bits per heavy atom. The summed E-state index contributed by atoms with van der Waals surface area (Å²) in [5.74, 6) is -0.0690. The van der Waals surface area contributed by atoms with E-state index >= 15 is 0 Å². The van der Waals surface area contributed by atoms with E-state index in [1.807, 2.05) is 0 Å². The fourth-order valence-corrected chi connectivity index (χ4v) is 2.48. The van der Waals surface area contributed by atoms with Crippen molar-refractivity contribution in [3.8, 4) is 0 Å². The van der Waals surface area contributed by atoms with Crippen LogP contribution in [0.25, 0.3) is 0 Å². The van der Waals surface area contributed by atoms with Gasteiger partial charge in [0, 0.05) is 13.0 Å². The maximum Gasteiger partial charge on any atom is 0.245 e. The summed E-state index contributed by atoms with van der Waals surface area (Å²) < 4.78 is 0. The summed E-state index contributed by atoms with van der Waals surface area (Å²) in [6.45, 7) is 0.725. The Bertz CT molecular complexity index is 293. The van der Waals surface area contributed by atoms with Gasteiger partial charge in [0.1, 0.15) is 6.04 Å². The highest BCUT2D eigenvalue weighted by Crippen LogP contribution is 2.19. The van der Waals surface area contributed by atoms with Gasteiger partial charge in [-0.1, -0.05) is 0 Å². The summed E-state index contributed by atoms with van der Waals surface area (Å²) in [5.41, 5.74) is 0. The third kappa shape index (κ3) is 2.19. The molecule has 2 rings (SSSR count). The maximum atomic E-state index is 12.1. The van der Waals surface area contributed by atoms with Gasteiger partial charge in [0.2, 0.25) is 11.8 Å². The van der Waals surface area contributed by atoms with Gasteiger partial charge in [-0.15, -0.1) is 0 Å². The summed E-state index contributed by atoms with van der Waals surface area (Å²) in [7, 11) is 0. The molecule has 2 fully saturated rings. The van der Waals surface area contributed by atoms with Crippen LogP contribution in [0.5, 0.6) is 0 Å². The van der Waals surface area contributed by atoms with Crippen molar-refractivity contribution in [1.82, 2.24) is 10.2 Å². The number of hydrogen-bond donors (Lipinski definition) is 2. The first-order valence-corrected chi connectivity index (χ1v) is 5.93. The summed E-state index contributed by atoms with van der Waals surface area (Å²) in [6, 6.07) is -0.418. The average molecular weight is 226 g/mol. The molecule has 0 bridgehead atoms. The molecular weight excluding hydrogens is 208 g/mol. The van der Waals surface area contributed by atoms with Crippen LogP contribution in [0.2, 0.25) is 0 Å². The molecule has 2 N–H and O–H groups in total. The third-order valence-corrected chi connectivity index (χ3v) is 3.41. The predicted octanol–water partition coefficient (Wildman–Crippen LogP) is -0.362. The van der Waals surface area contributed by atoms with E-state index in [1.54, 1.807) is 4.90 Å². The molecule has 2 aliphatic heterocycles. The van der Waals surface area contributed by atoms with Gasteiger partial charge in [0.25, 0.3) is 0 Å². The van der Waals surface area contributed by atoms with E-state index in [-0.39, 0.29) is 30.5 Å². The number of aliphatic hydroxyl groups excluding tert-OH is 1. The van der Waals surface area contributed by atoms with E-state index in [2.05, 4.69) is 5.32 Å². The number of likely N-dealkylation sites (tertiary alicyclic amines) is 1. The molecule has 0 spiro atoms. The molecule has 0 aromatic rings. The minimum absolute atomic E-state index is 0.0202. The predicted molar refractivity (Wildman–Crippen MR) is 57.6 cm³/mol. The van der Waals surface area contributed by atoms with Crippen molar-refractivity contribution in [3.05, 3.63) is 0 Å². The quantitative estimate of drug-likeness (QED) is 0.675. The molecule has 2 saturated heterocycles. The number of nitrogens with one attached hydrogen (secondary N) is 1. The molecule has 0 aliphatic carbocycles. The second-order valence-electron chi connectivity index (χ2n) is 4.52. The largest absolute Gasteiger partial charge is 0.394 e. The Morgan fingerprint density at radius 3 is 2.88 bits per heavy atom. The van der Waals surface area contributed by atoms with Crippen LogP contribution < -0.4 is 5.32 Å². The van der Waals surface area contributed by atoms with Crippen molar-refractivity contribution in [3.63, 3.8) is 0 Å². The minimum Gasteiger partial charge on any atom is -0.394 e. The molecular formula is C11H18N2O3. The number of amides is 2. The van der Waals surface area contributed by atoms with Gasteiger partial charge in [-0.3, -0.25) is 9.59 Å². The zero-order chi connectivity index (χ0) is 11.5. The van der Waals surface area contributed by atoms with E-state index in [1.165, 1.54) is 0 Å². The topological polar surface area (TPSA) is 69.6 Å². The minimum atomic E-state index is -0.361. The number of hydrogen-bond acceptors (Lipinski definition) is 3. The lowest BCUT2D eigenvalue weighted by Gasteiger charge is -2.36. The van der Waals surface area contributed by atoms with E-state index in [4.69, 9.17) is 0 Å². The Morgan fingerprint density at radius 2 is 2.25 bits per heavy atom. The second-order valence-corrected chi connectivity index (χ2v) is 4.52. The van der Waals surface area contributed by atoms with Gasteiger partial charge >= 0.3 is 0 Å². The molecule has 1 unspecified atom stereocenters. The zero-order valence-electron chi connectivity index (χ0n) is 9.32. The number of piperidine rings is 1. The molecule has 5 heteroatoms. The van der Waals surface area contributed by atoms with Crippen molar-refractivity contribution in [2.24, 2.45) is 0 Å². The number of carbonyl (C=O) groups excluding carboxylic acids is 2. The smallest absolute Gasteiger partial charge is 0.245 e. The molecule has 0 radical (unpaired) electrons. The summed E-state index contributed by atoms with van der Waals surface area (Å²) in [4.78, 5) is 24.9. The van der Waals surface area contributed by atoms with Gasteiger partial charge in [-0.25, -0.2) is 0 Å². The van der Waals surface area contributed by atoms with Crippen LogP contribution in [0.15, 0.2) is 0 Å². The van der Waals surface area contributed by atoms with Crippen molar-refractivity contribution in [1.29, 1.82) is 0 Å². The first-order chi connectivity index (χ1) is 7.72. The van der Waals surface area contributed by atoms with Crippen molar-refractivity contribution in [2.75, 3.05) is 13.2 Å². The van der Waals surface area contributed by atoms with E-state index in [0.717, 1.165) is 19.3 Å². The number of nitrogens with zero attached hydrogens (tertiary/aromatic N) is 1. The van der Waals surface area contributed by atoms with Gasteiger partial charge in [-0.05, 0) is 25.7 Å². The van der Waals surface area contributed by atoms with Crippen LogP contribution in [0.3, 0.4) is 0 Å². The molecule has 90 valence electrons. The lowest BCUT2D eigenvalue weighted by molar-refractivity contribution is -0.138. The number of aliphatic hydroxyl groups is 1. The highest BCUT2D eigenvalue weighted by Gasteiger charge is 2.34. The molecule has 2 amide bonds. The Labute approximate surface area is 94.8 Å². The molecule has 0 saturated carbocycles. The fraction of sp³-hybridized carbons (Fsp3) is 0.818. The van der Waals surface area contributed by atoms with E-state index in [9.17, 15) is 14.7 Å². The van der Waals surface area contributed by atoms with Crippen LogP contribution in [-0.2, 0) is 9.59 Å². The van der Waals surface area contributed by atoms with Gasteiger partial charge in [0.05, 0.1) is 12.6 Å². The first-order valence-electron chi connectivity index (χ1n) is 5.93. The lowest BCUT2D eigenvalue weighted by atomic mass is 10.0. The molecule has 0 aromatic heterocycles. The third-order valence-electron chi connectivity index (χ3n) is 3.41. The summed E-state index contributed by atoms with van der Waals surface area (Å²) >= 11 is 0. The zero-order valence-corrected chi connectivity index (χ0v) is 9.32. The maximum absolute atomic E-state index is 12.1. The van der Waals surface area contributed by atoms with E-state index in [0.29, 0.717) is 19.4 Å². The highest BCUT2D eigenvalue weighted by molar-refractivity contribution is 5.91. The highest BCUT2D eigenvalue weighted by atomic mass is 16.3. The van der Waals surface area contributed by atoms with Crippen molar-refractivity contribution in [2.45, 2.75) is 44.2 Å². The van der Waals surface area contributed by atoms with Crippen LogP contribution in [0.4, 0.5) is 0 Å². The van der Waals surface area contributed by atoms with E-state index < -0.39 is 0 Å². The number of carbonyl (C=O) groups is 2. The van der Waals surface area contributed by atoms with Gasteiger partial charge in [0.15, 0.2) is 0 Å². The second kappa shape index (κ2) is 4.82. The molecule has 0 aromatic carbocycles. The van der Waals surface area contributed by atoms with Crippen LogP contribution in [0.1, 0.15) is 32.1 Å². The SMILES string of the molecule is O=C1CC[C@@H](C(=O)N2CCCCC2CO)N1. The first kappa shape index (κ1) is 11.4. The molecule has 16 heavy (non-hydrogen) atoms. The number of rotatable bonds is 2. The van der Waals surface area contributed by atoms with Crippen molar-refractivity contribution < 1.29 is 14.7 Å². The Hall–Kier alpha value is -1.10. The lowest BCUT2D eigenvalue weighted by Crippen LogP contribution is -2.52. The normalized spacial score (nSPS) is 30.3. The molecule has 5 nitrogen and oxygen atoms in total. The van der Waals surface area contributed by atoms with Crippen LogP contribution >= 0.6 is 0 Å². The van der Waals surface area contributed by atoms with Gasteiger partial charge in [-0.2, -0.15) is 0 Å². The fourth-order valence-electron chi connectivity index (χ4n) is 2.48. The molecule has 2 aliphatic rings. The summed E-state index contributed by atoms with van der Waals surface area (Å²) in [5, 5.41) is 11.9. The Kier molecular flexibility index (Phi) is 3.43. The standard InChI is InChI=1S/C11H18N2O3/c14-7-8-3-1-2-6-13(8)11(16)9-4-5-10(15)12-9/h8-9,14H,1-7H2,(H,12,15)/t8?,9-/m0/s1. The molecule has 2 heterocycles.